The largest absolute Gasteiger partial charge is 0.444 e. The van der Waals surface area contributed by atoms with E-state index in [1.807, 2.05) is 36.4 Å². The molecule has 4 rings (SSSR count). The van der Waals surface area contributed by atoms with E-state index in [4.69, 9.17) is 4.74 Å². The van der Waals surface area contributed by atoms with E-state index in [1.54, 1.807) is 0 Å². The molecule has 2 aromatic carbocycles. The molecule has 1 amide bonds. The summed E-state index contributed by atoms with van der Waals surface area (Å²) < 4.78 is 5.34. The summed E-state index contributed by atoms with van der Waals surface area (Å²) in [4.78, 5) is 24.3. The standard InChI is InChI=1S/C20H19NO3/c22-18-10-9-16-17(18)11-14-7-4-8-15(14)19(16)21-20(23)24-12-13-5-2-1-3-6-13/h1-3,5-6,11H,4,7-10,12H2,(H,21,23). The summed E-state index contributed by atoms with van der Waals surface area (Å²) in [6.45, 7) is 0.239. The van der Waals surface area contributed by atoms with Gasteiger partial charge in [-0.3, -0.25) is 10.1 Å². The first-order valence-corrected chi connectivity index (χ1v) is 8.41. The molecule has 0 aliphatic heterocycles. The second-order valence-electron chi connectivity index (χ2n) is 6.38. The zero-order valence-corrected chi connectivity index (χ0v) is 13.4. The van der Waals surface area contributed by atoms with Crippen molar-refractivity contribution in [3.63, 3.8) is 0 Å². The lowest BCUT2D eigenvalue weighted by atomic mass is 9.98. The Labute approximate surface area is 140 Å². The number of fused-ring (bicyclic) bond motifs is 2. The predicted octanol–water partition coefficient (Wildman–Crippen LogP) is 4.05. The van der Waals surface area contributed by atoms with Gasteiger partial charge in [0.1, 0.15) is 6.61 Å². The molecule has 0 heterocycles. The normalized spacial score (nSPS) is 15.1. The second kappa shape index (κ2) is 6.11. The van der Waals surface area contributed by atoms with Crippen LogP contribution in [0.1, 0.15) is 45.5 Å². The highest BCUT2D eigenvalue weighted by molar-refractivity contribution is 6.04. The van der Waals surface area contributed by atoms with Crippen LogP contribution in [0.3, 0.4) is 0 Å². The van der Waals surface area contributed by atoms with Crippen molar-refractivity contribution in [1.29, 1.82) is 0 Å². The Balaban J connectivity index is 1.55. The van der Waals surface area contributed by atoms with E-state index in [-0.39, 0.29) is 12.4 Å². The lowest BCUT2D eigenvalue weighted by Crippen LogP contribution is -2.16. The van der Waals surface area contributed by atoms with Crippen LogP contribution >= 0.6 is 0 Å². The molecule has 2 aromatic rings. The number of nitrogens with one attached hydrogen (secondary N) is 1. The van der Waals surface area contributed by atoms with Crippen molar-refractivity contribution in [2.75, 3.05) is 5.32 Å². The van der Waals surface area contributed by atoms with Gasteiger partial charge in [0.15, 0.2) is 5.78 Å². The molecule has 1 N–H and O–H groups in total. The van der Waals surface area contributed by atoms with Crippen LogP contribution in [0.2, 0.25) is 0 Å². The molecule has 0 bridgehead atoms. The number of Topliss-reactive ketones (excluding diaryl/α,β-unsaturated/α-hetero) is 1. The number of benzene rings is 2. The first kappa shape index (κ1) is 14.9. The summed E-state index contributed by atoms with van der Waals surface area (Å²) in [6, 6.07) is 11.6. The molecule has 0 atom stereocenters. The quantitative estimate of drug-likeness (QED) is 0.928. The maximum absolute atomic E-state index is 12.2. The van der Waals surface area contributed by atoms with Crippen LogP contribution in [-0.2, 0) is 30.6 Å². The molecule has 0 unspecified atom stereocenters. The minimum Gasteiger partial charge on any atom is -0.444 e. The van der Waals surface area contributed by atoms with Gasteiger partial charge in [-0.05, 0) is 54.0 Å². The molecule has 0 radical (unpaired) electrons. The van der Waals surface area contributed by atoms with Gasteiger partial charge < -0.3 is 4.74 Å². The third kappa shape index (κ3) is 2.68. The van der Waals surface area contributed by atoms with E-state index >= 15 is 0 Å². The van der Waals surface area contributed by atoms with E-state index in [1.165, 1.54) is 11.1 Å². The molecule has 4 nitrogen and oxygen atoms in total. The number of ether oxygens (including phenoxy) is 1. The molecule has 2 aliphatic carbocycles. The molecule has 2 aliphatic rings. The van der Waals surface area contributed by atoms with Crippen molar-refractivity contribution in [2.45, 2.75) is 38.7 Å². The third-order valence-corrected chi connectivity index (χ3v) is 4.85. The van der Waals surface area contributed by atoms with Crippen LogP contribution in [0.25, 0.3) is 0 Å². The van der Waals surface area contributed by atoms with Crippen molar-refractivity contribution in [2.24, 2.45) is 0 Å². The molecular formula is C20H19NO3. The molecule has 4 heteroatoms. The molecule has 122 valence electrons. The Morgan fingerprint density at radius 1 is 1.04 bits per heavy atom. The summed E-state index contributed by atoms with van der Waals surface area (Å²) in [5.41, 5.74) is 5.92. The van der Waals surface area contributed by atoms with Crippen molar-refractivity contribution in [3.05, 3.63) is 64.2 Å². The molecule has 0 spiro atoms. The molecule has 0 fully saturated rings. The first-order valence-electron chi connectivity index (χ1n) is 8.41. The maximum Gasteiger partial charge on any atom is 0.411 e. The van der Waals surface area contributed by atoms with Crippen LogP contribution in [-0.4, -0.2) is 11.9 Å². The molecule has 0 saturated carbocycles. The van der Waals surface area contributed by atoms with Gasteiger partial charge in [-0.2, -0.15) is 0 Å². The van der Waals surface area contributed by atoms with Crippen molar-refractivity contribution in [1.82, 2.24) is 0 Å². The van der Waals surface area contributed by atoms with Gasteiger partial charge in [-0.1, -0.05) is 30.3 Å². The summed E-state index contributed by atoms with van der Waals surface area (Å²) in [5, 5.41) is 2.92. The minimum absolute atomic E-state index is 0.181. The molecule has 0 saturated heterocycles. The Morgan fingerprint density at radius 2 is 1.88 bits per heavy atom. The minimum atomic E-state index is -0.458. The Kier molecular flexibility index (Phi) is 3.81. The number of ketones is 1. The van der Waals surface area contributed by atoms with E-state index in [2.05, 4.69) is 5.32 Å². The topological polar surface area (TPSA) is 55.4 Å². The molecule has 24 heavy (non-hydrogen) atoms. The highest BCUT2D eigenvalue weighted by atomic mass is 16.5. The van der Waals surface area contributed by atoms with Crippen LogP contribution < -0.4 is 5.32 Å². The Bertz CT molecular complexity index is 811. The lowest BCUT2D eigenvalue weighted by Gasteiger charge is -2.15. The van der Waals surface area contributed by atoms with Gasteiger partial charge in [0.2, 0.25) is 0 Å². The van der Waals surface area contributed by atoms with E-state index in [0.29, 0.717) is 12.8 Å². The van der Waals surface area contributed by atoms with Gasteiger partial charge in [0.05, 0.1) is 5.69 Å². The summed E-state index contributed by atoms with van der Waals surface area (Å²) in [6.07, 6.45) is 3.78. The average Bonchev–Trinajstić information content (AvgIpc) is 3.21. The lowest BCUT2D eigenvalue weighted by molar-refractivity contribution is 0.0994. The van der Waals surface area contributed by atoms with Crippen LogP contribution in [0.15, 0.2) is 36.4 Å². The maximum atomic E-state index is 12.2. The Hall–Kier alpha value is -2.62. The zero-order valence-electron chi connectivity index (χ0n) is 13.4. The average molecular weight is 321 g/mol. The number of hydrogen-bond donors (Lipinski definition) is 1. The highest BCUT2D eigenvalue weighted by Gasteiger charge is 2.29. The number of carbonyl (C=O) groups excluding carboxylic acids is 2. The van der Waals surface area contributed by atoms with E-state index in [0.717, 1.165) is 41.6 Å². The monoisotopic (exact) mass is 321 g/mol. The summed E-state index contributed by atoms with van der Waals surface area (Å²) >= 11 is 0. The Morgan fingerprint density at radius 3 is 2.71 bits per heavy atom. The van der Waals surface area contributed by atoms with Gasteiger partial charge in [-0.15, -0.1) is 0 Å². The van der Waals surface area contributed by atoms with Gasteiger partial charge >= 0.3 is 6.09 Å². The molecule has 0 aromatic heterocycles. The number of carbonyl (C=O) groups is 2. The van der Waals surface area contributed by atoms with Crippen LogP contribution in [0, 0.1) is 0 Å². The van der Waals surface area contributed by atoms with Gasteiger partial charge in [-0.25, -0.2) is 4.79 Å². The predicted molar refractivity (Wildman–Crippen MR) is 91.4 cm³/mol. The van der Waals surface area contributed by atoms with Crippen LogP contribution in [0.5, 0.6) is 0 Å². The van der Waals surface area contributed by atoms with Crippen LogP contribution in [0.4, 0.5) is 10.5 Å². The fourth-order valence-corrected chi connectivity index (χ4v) is 3.68. The number of anilines is 1. The third-order valence-electron chi connectivity index (χ3n) is 4.85. The number of rotatable bonds is 3. The zero-order chi connectivity index (χ0) is 16.5. The summed E-state index contributed by atoms with van der Waals surface area (Å²) in [5.74, 6) is 0.181. The fraction of sp³-hybridized carbons (Fsp3) is 0.300. The number of hydrogen-bond acceptors (Lipinski definition) is 3. The van der Waals surface area contributed by atoms with Crippen molar-refractivity contribution in [3.8, 4) is 0 Å². The smallest absolute Gasteiger partial charge is 0.411 e. The van der Waals surface area contributed by atoms with Crippen molar-refractivity contribution >= 4 is 17.6 Å². The summed E-state index contributed by atoms with van der Waals surface area (Å²) in [7, 11) is 0. The number of aryl methyl sites for hydroxylation is 1. The molecular weight excluding hydrogens is 302 g/mol. The number of amides is 1. The van der Waals surface area contributed by atoms with Crippen molar-refractivity contribution < 1.29 is 14.3 Å². The fourth-order valence-electron chi connectivity index (χ4n) is 3.68. The first-order chi connectivity index (χ1) is 11.7. The second-order valence-corrected chi connectivity index (χ2v) is 6.38. The van der Waals surface area contributed by atoms with E-state index in [9.17, 15) is 9.59 Å². The van der Waals surface area contributed by atoms with E-state index < -0.39 is 6.09 Å². The highest BCUT2D eigenvalue weighted by Crippen LogP contribution is 2.38. The van der Waals surface area contributed by atoms with Gasteiger partial charge in [0, 0.05) is 12.0 Å². The van der Waals surface area contributed by atoms with Gasteiger partial charge in [0.25, 0.3) is 0 Å². The SMILES string of the molecule is O=C(Nc1c2c(cc3c1CCC3=O)CCC2)OCc1ccccc1.